The van der Waals surface area contributed by atoms with Crippen LogP contribution in [0.25, 0.3) is 0 Å². The highest BCUT2D eigenvalue weighted by Crippen LogP contribution is 2.28. The minimum absolute atomic E-state index is 0.448. The summed E-state index contributed by atoms with van der Waals surface area (Å²) in [5.41, 5.74) is 1.39. The molecule has 0 spiro atoms. The maximum Gasteiger partial charge on any atom is 0.0343 e. The molecule has 0 aromatic heterocycles. The molecule has 0 heterocycles. The fourth-order valence-corrected chi connectivity index (χ4v) is 3.56. The lowest BCUT2D eigenvalue weighted by Gasteiger charge is -2.31. The zero-order valence-electron chi connectivity index (χ0n) is 13.4. The quantitative estimate of drug-likeness (QED) is 0.697. The van der Waals surface area contributed by atoms with Crippen molar-refractivity contribution < 1.29 is 0 Å². The maximum absolute atomic E-state index is 3.71. The van der Waals surface area contributed by atoms with Gasteiger partial charge in [0.15, 0.2) is 0 Å². The Balaban J connectivity index is 1.88. The standard InChI is InChI=1S/C18H29BrN2/c1-3-12-20-18(16-9-4-5-10-17(16)19)11-13-21(2)14-15-7-6-8-15/h4-5,9-10,15,18,20H,3,6-8,11-14H2,1-2H3. The first-order valence-electron chi connectivity index (χ1n) is 8.37. The van der Waals surface area contributed by atoms with E-state index in [9.17, 15) is 0 Å². The highest BCUT2D eigenvalue weighted by molar-refractivity contribution is 9.10. The summed E-state index contributed by atoms with van der Waals surface area (Å²) < 4.78 is 1.22. The molecule has 0 amide bonds. The molecule has 3 heteroatoms. The van der Waals surface area contributed by atoms with Crippen LogP contribution in [0.5, 0.6) is 0 Å². The third kappa shape index (κ3) is 5.39. The molecule has 1 aromatic rings. The van der Waals surface area contributed by atoms with Crippen molar-refractivity contribution in [2.75, 3.05) is 26.7 Å². The van der Waals surface area contributed by atoms with Crippen LogP contribution in [0.4, 0.5) is 0 Å². The SMILES string of the molecule is CCCNC(CCN(C)CC1CCC1)c1ccccc1Br. The Morgan fingerprint density at radius 1 is 1.33 bits per heavy atom. The fraction of sp³-hybridized carbons (Fsp3) is 0.667. The van der Waals surface area contributed by atoms with Crippen LogP contribution in [0.3, 0.4) is 0 Å². The van der Waals surface area contributed by atoms with Gasteiger partial charge in [0.1, 0.15) is 0 Å². The van der Waals surface area contributed by atoms with Gasteiger partial charge in [0.2, 0.25) is 0 Å². The van der Waals surface area contributed by atoms with E-state index in [-0.39, 0.29) is 0 Å². The monoisotopic (exact) mass is 352 g/mol. The number of benzene rings is 1. The highest BCUT2D eigenvalue weighted by atomic mass is 79.9. The first kappa shape index (κ1) is 17.0. The Morgan fingerprint density at radius 3 is 2.71 bits per heavy atom. The zero-order chi connectivity index (χ0) is 15.1. The van der Waals surface area contributed by atoms with Crippen molar-refractivity contribution in [1.82, 2.24) is 10.2 Å². The molecule has 1 aliphatic carbocycles. The second-order valence-electron chi connectivity index (χ2n) is 6.38. The van der Waals surface area contributed by atoms with E-state index >= 15 is 0 Å². The number of halogens is 1. The van der Waals surface area contributed by atoms with E-state index in [4.69, 9.17) is 0 Å². The van der Waals surface area contributed by atoms with Crippen molar-refractivity contribution in [1.29, 1.82) is 0 Å². The van der Waals surface area contributed by atoms with E-state index in [2.05, 4.69) is 64.4 Å². The number of hydrogen-bond acceptors (Lipinski definition) is 2. The highest BCUT2D eigenvalue weighted by Gasteiger charge is 2.20. The zero-order valence-corrected chi connectivity index (χ0v) is 15.0. The van der Waals surface area contributed by atoms with Gasteiger partial charge in [-0.05, 0) is 63.4 Å². The molecular formula is C18H29BrN2. The lowest BCUT2D eigenvalue weighted by molar-refractivity contribution is 0.199. The summed E-state index contributed by atoms with van der Waals surface area (Å²) in [5, 5.41) is 3.71. The molecule has 1 unspecified atom stereocenters. The molecule has 0 radical (unpaired) electrons. The summed E-state index contributed by atoms with van der Waals surface area (Å²) in [6.45, 7) is 5.75. The molecular weight excluding hydrogens is 324 g/mol. The lowest BCUT2D eigenvalue weighted by Crippen LogP contribution is -2.32. The van der Waals surface area contributed by atoms with Gasteiger partial charge in [0, 0.05) is 17.1 Å². The first-order chi connectivity index (χ1) is 10.2. The first-order valence-corrected chi connectivity index (χ1v) is 9.16. The van der Waals surface area contributed by atoms with Crippen LogP contribution >= 0.6 is 15.9 Å². The van der Waals surface area contributed by atoms with Crippen LogP contribution in [-0.2, 0) is 0 Å². The molecule has 1 aromatic carbocycles. The van der Waals surface area contributed by atoms with Crippen LogP contribution in [-0.4, -0.2) is 31.6 Å². The minimum Gasteiger partial charge on any atom is -0.310 e. The van der Waals surface area contributed by atoms with E-state index in [0.717, 1.165) is 12.5 Å². The minimum atomic E-state index is 0.448. The van der Waals surface area contributed by atoms with Crippen molar-refractivity contribution in [2.45, 2.75) is 45.1 Å². The Labute approximate surface area is 138 Å². The Morgan fingerprint density at radius 2 is 2.10 bits per heavy atom. The van der Waals surface area contributed by atoms with E-state index in [1.165, 1.54) is 55.2 Å². The van der Waals surface area contributed by atoms with Gasteiger partial charge in [-0.25, -0.2) is 0 Å². The molecule has 2 nitrogen and oxygen atoms in total. The lowest BCUT2D eigenvalue weighted by atomic mass is 9.85. The van der Waals surface area contributed by atoms with E-state index in [1.54, 1.807) is 0 Å². The van der Waals surface area contributed by atoms with Gasteiger partial charge in [0.05, 0.1) is 0 Å². The molecule has 1 saturated carbocycles. The topological polar surface area (TPSA) is 15.3 Å². The van der Waals surface area contributed by atoms with Crippen molar-refractivity contribution in [3.63, 3.8) is 0 Å². The predicted molar refractivity (Wildman–Crippen MR) is 94.6 cm³/mol. The van der Waals surface area contributed by atoms with Gasteiger partial charge in [-0.1, -0.05) is 47.5 Å². The van der Waals surface area contributed by atoms with E-state index in [0.29, 0.717) is 6.04 Å². The normalized spacial score (nSPS) is 17.0. The second kappa shape index (κ2) is 8.92. The van der Waals surface area contributed by atoms with Gasteiger partial charge >= 0.3 is 0 Å². The van der Waals surface area contributed by atoms with Gasteiger partial charge in [-0.3, -0.25) is 0 Å². The van der Waals surface area contributed by atoms with Crippen LogP contribution in [0.15, 0.2) is 28.7 Å². The maximum atomic E-state index is 3.71. The van der Waals surface area contributed by atoms with E-state index in [1.807, 2.05) is 0 Å². The number of hydrogen-bond donors (Lipinski definition) is 1. The summed E-state index contributed by atoms with van der Waals surface area (Å²) in [7, 11) is 2.27. The smallest absolute Gasteiger partial charge is 0.0343 e. The number of nitrogens with zero attached hydrogens (tertiary/aromatic N) is 1. The molecule has 0 bridgehead atoms. The molecule has 1 N–H and O–H groups in total. The molecule has 1 aliphatic rings. The van der Waals surface area contributed by atoms with Crippen molar-refractivity contribution in [3.05, 3.63) is 34.3 Å². The molecule has 1 atom stereocenters. The molecule has 0 saturated heterocycles. The number of rotatable bonds is 9. The third-order valence-electron chi connectivity index (χ3n) is 4.52. The largest absolute Gasteiger partial charge is 0.310 e. The van der Waals surface area contributed by atoms with Gasteiger partial charge in [-0.15, -0.1) is 0 Å². The predicted octanol–water partition coefficient (Wildman–Crippen LogP) is 4.61. The summed E-state index contributed by atoms with van der Waals surface area (Å²) in [5.74, 6) is 0.959. The summed E-state index contributed by atoms with van der Waals surface area (Å²) in [6, 6.07) is 9.06. The van der Waals surface area contributed by atoms with Crippen LogP contribution < -0.4 is 5.32 Å². The average Bonchev–Trinajstić information content (AvgIpc) is 2.44. The van der Waals surface area contributed by atoms with Crippen molar-refractivity contribution >= 4 is 15.9 Å². The summed E-state index contributed by atoms with van der Waals surface area (Å²) in [6.07, 6.45) is 6.67. The van der Waals surface area contributed by atoms with Gasteiger partial charge < -0.3 is 10.2 Å². The van der Waals surface area contributed by atoms with E-state index < -0.39 is 0 Å². The van der Waals surface area contributed by atoms with Gasteiger partial charge in [0.25, 0.3) is 0 Å². The average molecular weight is 353 g/mol. The molecule has 1 fully saturated rings. The molecule has 118 valence electrons. The Kier molecular flexibility index (Phi) is 7.21. The second-order valence-corrected chi connectivity index (χ2v) is 7.23. The molecule has 21 heavy (non-hydrogen) atoms. The summed E-state index contributed by atoms with van der Waals surface area (Å²) in [4.78, 5) is 2.52. The molecule has 2 rings (SSSR count). The Bertz CT molecular complexity index is 417. The van der Waals surface area contributed by atoms with Crippen molar-refractivity contribution in [3.8, 4) is 0 Å². The van der Waals surface area contributed by atoms with Crippen LogP contribution in [0.1, 0.15) is 50.6 Å². The van der Waals surface area contributed by atoms with Crippen molar-refractivity contribution in [2.24, 2.45) is 5.92 Å². The Hall–Kier alpha value is -0.380. The fourth-order valence-electron chi connectivity index (χ4n) is 3.00. The molecule has 0 aliphatic heterocycles. The van der Waals surface area contributed by atoms with Gasteiger partial charge in [-0.2, -0.15) is 0 Å². The summed E-state index contributed by atoms with van der Waals surface area (Å²) >= 11 is 3.70. The van der Waals surface area contributed by atoms with Crippen LogP contribution in [0, 0.1) is 5.92 Å². The van der Waals surface area contributed by atoms with Crippen LogP contribution in [0.2, 0.25) is 0 Å². The third-order valence-corrected chi connectivity index (χ3v) is 5.24. The number of nitrogens with one attached hydrogen (secondary N) is 1.